The maximum Gasteiger partial charge on any atom is 0.282 e. The van der Waals surface area contributed by atoms with Crippen LogP contribution >= 0.6 is 27.5 Å². The van der Waals surface area contributed by atoms with Gasteiger partial charge in [0, 0.05) is 27.5 Å². The Morgan fingerprint density at radius 1 is 1.17 bits per heavy atom. The summed E-state index contributed by atoms with van der Waals surface area (Å²) in [5, 5.41) is 5.38. The van der Waals surface area contributed by atoms with E-state index in [1.54, 1.807) is 30.3 Å². The molecule has 186 valence electrons. The molecule has 3 aromatic carbocycles. The van der Waals surface area contributed by atoms with Crippen molar-refractivity contribution < 1.29 is 13.9 Å². The molecule has 9 heteroatoms. The van der Waals surface area contributed by atoms with E-state index >= 15 is 0 Å². The fourth-order valence-electron chi connectivity index (χ4n) is 3.66. The lowest BCUT2D eigenvalue weighted by molar-refractivity contribution is 0.284. The Kier molecular flexibility index (Phi) is 8.38. The molecule has 0 aliphatic heterocycles. The molecular formula is C27H24BrClFN3O3. The number of hydrogen-bond donors (Lipinski definition) is 0. The second kappa shape index (κ2) is 11.7. The summed E-state index contributed by atoms with van der Waals surface area (Å²) in [4.78, 5) is 18.1. The number of hydrogen-bond acceptors (Lipinski definition) is 5. The van der Waals surface area contributed by atoms with Gasteiger partial charge in [-0.15, -0.1) is 0 Å². The number of ether oxygens (including phenoxy) is 2. The van der Waals surface area contributed by atoms with Crippen LogP contribution in [0.2, 0.25) is 5.02 Å². The average molecular weight is 573 g/mol. The second-order valence-electron chi connectivity index (χ2n) is 8.10. The van der Waals surface area contributed by atoms with Crippen LogP contribution in [-0.4, -0.2) is 23.0 Å². The van der Waals surface area contributed by atoms with Crippen LogP contribution < -0.4 is 15.0 Å². The number of benzene rings is 3. The van der Waals surface area contributed by atoms with Crippen molar-refractivity contribution in [3.63, 3.8) is 0 Å². The highest BCUT2D eigenvalue weighted by Crippen LogP contribution is 2.34. The molecule has 1 aromatic heterocycles. The highest BCUT2D eigenvalue weighted by atomic mass is 79.9. The van der Waals surface area contributed by atoms with E-state index in [0.717, 1.165) is 22.9 Å². The second-order valence-corrected chi connectivity index (χ2v) is 9.45. The van der Waals surface area contributed by atoms with Crippen molar-refractivity contribution in [2.24, 2.45) is 5.10 Å². The van der Waals surface area contributed by atoms with Gasteiger partial charge in [-0.2, -0.15) is 9.78 Å². The highest BCUT2D eigenvalue weighted by Gasteiger charge is 2.14. The van der Waals surface area contributed by atoms with E-state index in [1.807, 2.05) is 12.1 Å². The van der Waals surface area contributed by atoms with Gasteiger partial charge in [-0.3, -0.25) is 4.79 Å². The number of nitrogens with zero attached hydrogens (tertiary/aromatic N) is 3. The minimum Gasteiger partial charge on any atom is -0.493 e. The Morgan fingerprint density at radius 3 is 2.67 bits per heavy atom. The predicted molar refractivity (Wildman–Crippen MR) is 144 cm³/mol. The minimum absolute atomic E-state index is 0.173. The SMILES string of the molecule is CCCCc1nc2ccc(Br)cc2c(=O)n1N=Cc1cc(Cl)cc(OC)c1OCc1ccc(F)cc1. The standard InChI is InChI=1S/C27H24BrClFN3O3/c1-3-4-5-25-32-23-11-8-19(28)13-22(23)27(34)33(25)31-15-18-12-20(29)14-24(35-2)26(18)36-16-17-6-9-21(30)10-7-17/h6-15H,3-5,16H2,1-2H3. The highest BCUT2D eigenvalue weighted by molar-refractivity contribution is 9.10. The lowest BCUT2D eigenvalue weighted by atomic mass is 10.2. The Labute approximate surface area is 221 Å². The summed E-state index contributed by atoms with van der Waals surface area (Å²) in [6.45, 7) is 2.25. The van der Waals surface area contributed by atoms with Gasteiger partial charge < -0.3 is 9.47 Å². The van der Waals surface area contributed by atoms with E-state index in [1.165, 1.54) is 30.1 Å². The molecule has 0 amide bonds. The minimum atomic E-state index is -0.323. The van der Waals surface area contributed by atoms with Gasteiger partial charge >= 0.3 is 0 Å². The molecule has 6 nitrogen and oxygen atoms in total. The van der Waals surface area contributed by atoms with Crippen molar-refractivity contribution in [3.05, 3.63) is 97.2 Å². The van der Waals surface area contributed by atoms with Crippen LogP contribution in [0.5, 0.6) is 11.5 Å². The van der Waals surface area contributed by atoms with Gasteiger partial charge in [0.15, 0.2) is 11.5 Å². The molecular weight excluding hydrogens is 549 g/mol. The lowest BCUT2D eigenvalue weighted by Gasteiger charge is -2.14. The van der Waals surface area contributed by atoms with Crippen molar-refractivity contribution >= 4 is 44.6 Å². The number of methoxy groups -OCH3 is 1. The Balaban J connectivity index is 1.77. The van der Waals surface area contributed by atoms with E-state index in [4.69, 9.17) is 26.1 Å². The first-order valence-corrected chi connectivity index (χ1v) is 12.6. The number of fused-ring (bicyclic) bond motifs is 1. The molecule has 0 unspecified atom stereocenters. The fourth-order valence-corrected chi connectivity index (χ4v) is 4.24. The number of unbranched alkanes of at least 4 members (excludes halogenated alkanes) is 1. The maximum atomic E-state index is 13.4. The van der Waals surface area contributed by atoms with Gasteiger partial charge in [-0.05, 0) is 48.4 Å². The molecule has 0 aliphatic rings. The van der Waals surface area contributed by atoms with E-state index < -0.39 is 0 Å². The first-order chi connectivity index (χ1) is 17.4. The third-order valence-electron chi connectivity index (χ3n) is 5.51. The van der Waals surface area contributed by atoms with E-state index in [9.17, 15) is 9.18 Å². The molecule has 36 heavy (non-hydrogen) atoms. The van der Waals surface area contributed by atoms with Crippen molar-refractivity contribution in [1.29, 1.82) is 0 Å². The Hall–Kier alpha value is -3.23. The molecule has 0 aliphatic carbocycles. The number of aromatic nitrogens is 2. The van der Waals surface area contributed by atoms with Gasteiger partial charge in [0.1, 0.15) is 18.2 Å². The number of rotatable bonds is 9. The molecule has 0 N–H and O–H groups in total. The van der Waals surface area contributed by atoms with Gasteiger partial charge in [0.2, 0.25) is 0 Å². The average Bonchev–Trinajstić information content (AvgIpc) is 2.87. The smallest absolute Gasteiger partial charge is 0.282 e. The van der Waals surface area contributed by atoms with Crippen LogP contribution in [0.4, 0.5) is 4.39 Å². The van der Waals surface area contributed by atoms with E-state index in [-0.39, 0.29) is 18.0 Å². The zero-order valence-corrected chi connectivity index (χ0v) is 22.1. The maximum absolute atomic E-state index is 13.4. The fraction of sp³-hybridized carbons (Fsp3) is 0.222. The van der Waals surface area contributed by atoms with Crippen LogP contribution in [0.15, 0.2) is 69.0 Å². The molecule has 0 atom stereocenters. The summed E-state index contributed by atoms with van der Waals surface area (Å²) in [5.41, 5.74) is 1.64. The van der Waals surface area contributed by atoms with Crippen molar-refractivity contribution in [1.82, 2.24) is 9.66 Å². The van der Waals surface area contributed by atoms with Gasteiger partial charge in [0.25, 0.3) is 5.56 Å². The summed E-state index contributed by atoms with van der Waals surface area (Å²) >= 11 is 9.74. The molecule has 0 radical (unpaired) electrons. The lowest BCUT2D eigenvalue weighted by Crippen LogP contribution is -2.22. The topological polar surface area (TPSA) is 65.7 Å². The quantitative estimate of drug-likeness (QED) is 0.208. The molecule has 1 heterocycles. The van der Waals surface area contributed by atoms with Crippen molar-refractivity contribution in [2.45, 2.75) is 32.8 Å². The normalized spacial score (nSPS) is 11.4. The first-order valence-electron chi connectivity index (χ1n) is 11.4. The molecule has 0 spiro atoms. The molecule has 0 saturated carbocycles. The Morgan fingerprint density at radius 2 is 1.94 bits per heavy atom. The molecule has 0 saturated heterocycles. The van der Waals surface area contributed by atoms with E-state index in [2.05, 4.69) is 28.0 Å². The number of halogens is 3. The summed E-state index contributed by atoms with van der Waals surface area (Å²) in [5.74, 6) is 1.05. The predicted octanol–water partition coefficient (Wildman–Crippen LogP) is 6.76. The Bertz CT molecular complexity index is 1470. The van der Waals surface area contributed by atoms with Gasteiger partial charge in [-0.1, -0.05) is 53.0 Å². The molecule has 4 rings (SSSR count). The van der Waals surface area contributed by atoms with Crippen molar-refractivity contribution in [3.8, 4) is 11.5 Å². The first kappa shape index (κ1) is 25.9. The van der Waals surface area contributed by atoms with Crippen LogP contribution in [-0.2, 0) is 13.0 Å². The van der Waals surface area contributed by atoms with Crippen LogP contribution in [0.3, 0.4) is 0 Å². The molecule has 0 fully saturated rings. The van der Waals surface area contributed by atoms with Gasteiger partial charge in [-0.25, -0.2) is 9.37 Å². The summed E-state index contributed by atoms with van der Waals surface area (Å²) in [7, 11) is 1.51. The zero-order valence-electron chi connectivity index (χ0n) is 19.8. The third-order valence-corrected chi connectivity index (χ3v) is 6.22. The monoisotopic (exact) mass is 571 g/mol. The summed E-state index contributed by atoms with van der Waals surface area (Å²) < 4.78 is 26.9. The van der Waals surface area contributed by atoms with E-state index in [0.29, 0.717) is 45.2 Å². The molecule has 4 aromatic rings. The van der Waals surface area contributed by atoms with Crippen LogP contribution in [0, 0.1) is 5.82 Å². The van der Waals surface area contributed by atoms with Crippen molar-refractivity contribution in [2.75, 3.05) is 7.11 Å². The van der Waals surface area contributed by atoms with Gasteiger partial charge in [0.05, 0.1) is 24.2 Å². The van der Waals surface area contributed by atoms with Crippen LogP contribution in [0.1, 0.15) is 36.7 Å². The molecule has 0 bridgehead atoms. The zero-order chi connectivity index (χ0) is 25.7. The van der Waals surface area contributed by atoms with Crippen LogP contribution in [0.25, 0.3) is 10.9 Å². The summed E-state index contributed by atoms with van der Waals surface area (Å²) in [6, 6.07) is 14.7. The summed E-state index contributed by atoms with van der Waals surface area (Å²) in [6.07, 6.45) is 3.92. The number of aryl methyl sites for hydroxylation is 1. The third kappa shape index (κ3) is 5.94. The largest absolute Gasteiger partial charge is 0.493 e.